The van der Waals surface area contributed by atoms with E-state index in [9.17, 15) is 4.79 Å². The van der Waals surface area contributed by atoms with Gasteiger partial charge >= 0.3 is 0 Å². The first-order valence-corrected chi connectivity index (χ1v) is 6.95. The minimum Gasteiger partial charge on any atom is -0.497 e. The van der Waals surface area contributed by atoms with Crippen molar-refractivity contribution in [2.45, 2.75) is 38.5 Å². The molecule has 0 amide bonds. The Morgan fingerprint density at radius 2 is 2.06 bits per heavy atom. The Morgan fingerprint density at radius 1 is 1.33 bits per heavy atom. The SMILES string of the molecule is COc1ccc(C(=O)CC2CCCCC2)c(Cl)c1. The van der Waals surface area contributed by atoms with Crippen LogP contribution in [0.25, 0.3) is 0 Å². The molecule has 0 saturated heterocycles. The monoisotopic (exact) mass is 266 g/mol. The number of halogens is 1. The lowest BCUT2D eigenvalue weighted by molar-refractivity contribution is 0.0950. The molecule has 0 unspecified atom stereocenters. The third kappa shape index (κ3) is 3.26. The maximum absolute atomic E-state index is 12.2. The van der Waals surface area contributed by atoms with Gasteiger partial charge in [-0.3, -0.25) is 4.79 Å². The van der Waals surface area contributed by atoms with E-state index in [0.29, 0.717) is 28.7 Å². The van der Waals surface area contributed by atoms with E-state index < -0.39 is 0 Å². The Labute approximate surface area is 113 Å². The normalized spacial score (nSPS) is 16.6. The van der Waals surface area contributed by atoms with Gasteiger partial charge in [-0.15, -0.1) is 0 Å². The zero-order chi connectivity index (χ0) is 13.0. The molecule has 0 aromatic heterocycles. The van der Waals surface area contributed by atoms with Crippen LogP contribution < -0.4 is 4.74 Å². The molecule has 98 valence electrons. The summed E-state index contributed by atoms with van der Waals surface area (Å²) in [5.41, 5.74) is 0.628. The summed E-state index contributed by atoms with van der Waals surface area (Å²) >= 11 is 6.12. The lowest BCUT2D eigenvalue weighted by Crippen LogP contribution is -2.12. The fourth-order valence-corrected chi connectivity index (χ4v) is 2.89. The van der Waals surface area contributed by atoms with Gasteiger partial charge in [-0.25, -0.2) is 0 Å². The molecule has 1 aromatic carbocycles. The Balaban J connectivity index is 2.03. The molecule has 1 saturated carbocycles. The minimum atomic E-state index is 0.162. The molecular formula is C15H19ClO2. The molecule has 1 aliphatic rings. The summed E-state index contributed by atoms with van der Waals surface area (Å²) in [7, 11) is 1.59. The third-order valence-corrected chi connectivity index (χ3v) is 3.99. The number of carbonyl (C=O) groups is 1. The Hall–Kier alpha value is -1.02. The van der Waals surface area contributed by atoms with E-state index in [-0.39, 0.29) is 5.78 Å². The molecule has 0 heterocycles. The number of carbonyl (C=O) groups excluding carboxylic acids is 1. The van der Waals surface area contributed by atoms with Gasteiger partial charge in [-0.1, -0.05) is 43.7 Å². The summed E-state index contributed by atoms with van der Waals surface area (Å²) in [4.78, 5) is 12.2. The highest BCUT2D eigenvalue weighted by molar-refractivity contribution is 6.34. The second kappa shape index (κ2) is 6.24. The third-order valence-electron chi connectivity index (χ3n) is 3.68. The van der Waals surface area contributed by atoms with E-state index in [4.69, 9.17) is 16.3 Å². The maximum Gasteiger partial charge on any atom is 0.164 e. The molecule has 0 N–H and O–H groups in total. The molecule has 0 atom stereocenters. The van der Waals surface area contributed by atoms with Crippen molar-refractivity contribution in [2.75, 3.05) is 7.11 Å². The standard InChI is InChI=1S/C15H19ClO2/c1-18-12-7-8-13(14(16)10-12)15(17)9-11-5-3-2-4-6-11/h7-8,10-11H,2-6,9H2,1H3. The molecule has 2 rings (SSSR count). The second-order valence-corrected chi connectivity index (χ2v) is 5.38. The number of ether oxygens (including phenoxy) is 1. The number of ketones is 1. The molecule has 0 radical (unpaired) electrons. The van der Waals surface area contributed by atoms with E-state index in [1.54, 1.807) is 25.3 Å². The van der Waals surface area contributed by atoms with Gasteiger partial charge in [0.2, 0.25) is 0 Å². The van der Waals surface area contributed by atoms with Crippen molar-refractivity contribution >= 4 is 17.4 Å². The predicted molar refractivity (Wildman–Crippen MR) is 73.5 cm³/mol. The molecule has 3 heteroatoms. The predicted octanol–water partition coefficient (Wildman–Crippen LogP) is 4.50. The van der Waals surface area contributed by atoms with Gasteiger partial charge in [-0.2, -0.15) is 0 Å². The number of methoxy groups -OCH3 is 1. The fourth-order valence-electron chi connectivity index (χ4n) is 2.61. The summed E-state index contributed by atoms with van der Waals surface area (Å²) < 4.78 is 5.08. The van der Waals surface area contributed by atoms with Crippen LogP contribution >= 0.6 is 11.6 Å². The summed E-state index contributed by atoms with van der Waals surface area (Å²) in [5, 5.41) is 0.496. The minimum absolute atomic E-state index is 0.162. The molecule has 1 fully saturated rings. The summed E-state index contributed by atoms with van der Waals surface area (Å²) in [6.07, 6.45) is 6.82. The first-order chi connectivity index (χ1) is 8.70. The van der Waals surface area contributed by atoms with Gasteiger partial charge in [0.05, 0.1) is 12.1 Å². The molecule has 0 bridgehead atoms. The number of hydrogen-bond donors (Lipinski definition) is 0. The summed E-state index contributed by atoms with van der Waals surface area (Å²) in [6, 6.07) is 5.27. The molecule has 18 heavy (non-hydrogen) atoms. The number of hydrogen-bond acceptors (Lipinski definition) is 2. The van der Waals surface area contributed by atoms with Crippen LogP contribution in [0, 0.1) is 5.92 Å². The average molecular weight is 267 g/mol. The highest BCUT2D eigenvalue weighted by Crippen LogP contribution is 2.30. The average Bonchev–Trinajstić information content (AvgIpc) is 2.39. The van der Waals surface area contributed by atoms with E-state index in [1.165, 1.54) is 32.1 Å². The van der Waals surface area contributed by atoms with E-state index in [1.807, 2.05) is 0 Å². The van der Waals surface area contributed by atoms with E-state index in [2.05, 4.69) is 0 Å². The van der Waals surface area contributed by atoms with Crippen LogP contribution in [0.1, 0.15) is 48.9 Å². The van der Waals surface area contributed by atoms with Crippen LogP contribution in [0.4, 0.5) is 0 Å². The van der Waals surface area contributed by atoms with Gasteiger partial charge in [0.1, 0.15) is 5.75 Å². The van der Waals surface area contributed by atoms with Crippen molar-refractivity contribution in [1.82, 2.24) is 0 Å². The molecule has 1 aliphatic carbocycles. The van der Waals surface area contributed by atoms with Crippen molar-refractivity contribution in [3.8, 4) is 5.75 Å². The summed E-state index contributed by atoms with van der Waals surface area (Å²) in [6.45, 7) is 0. The highest BCUT2D eigenvalue weighted by Gasteiger charge is 2.19. The van der Waals surface area contributed by atoms with Crippen molar-refractivity contribution in [3.05, 3.63) is 28.8 Å². The van der Waals surface area contributed by atoms with Crippen LogP contribution in [-0.2, 0) is 0 Å². The van der Waals surface area contributed by atoms with Crippen molar-refractivity contribution < 1.29 is 9.53 Å². The summed E-state index contributed by atoms with van der Waals surface area (Å²) in [5.74, 6) is 1.40. The van der Waals surface area contributed by atoms with Crippen LogP contribution in [0.15, 0.2) is 18.2 Å². The molecule has 0 aliphatic heterocycles. The first-order valence-electron chi connectivity index (χ1n) is 6.57. The Morgan fingerprint density at radius 3 is 2.67 bits per heavy atom. The van der Waals surface area contributed by atoms with Crippen LogP contribution in [0.3, 0.4) is 0 Å². The Kier molecular flexibility index (Phi) is 4.65. The lowest BCUT2D eigenvalue weighted by atomic mass is 9.85. The maximum atomic E-state index is 12.2. The smallest absolute Gasteiger partial charge is 0.164 e. The lowest BCUT2D eigenvalue weighted by Gasteiger charge is -2.20. The van der Waals surface area contributed by atoms with Crippen LogP contribution in [-0.4, -0.2) is 12.9 Å². The first kappa shape index (κ1) is 13.4. The zero-order valence-corrected chi connectivity index (χ0v) is 11.5. The number of Topliss-reactive ketones (excluding diaryl/α,β-unsaturated/α-hetero) is 1. The van der Waals surface area contributed by atoms with Crippen molar-refractivity contribution in [1.29, 1.82) is 0 Å². The van der Waals surface area contributed by atoms with E-state index >= 15 is 0 Å². The van der Waals surface area contributed by atoms with Gasteiger partial charge < -0.3 is 4.74 Å². The zero-order valence-electron chi connectivity index (χ0n) is 10.7. The number of benzene rings is 1. The van der Waals surface area contributed by atoms with Gasteiger partial charge in [-0.05, 0) is 24.1 Å². The Bertz CT molecular complexity index is 423. The molecular weight excluding hydrogens is 248 g/mol. The van der Waals surface area contributed by atoms with Crippen LogP contribution in [0.5, 0.6) is 5.75 Å². The highest BCUT2D eigenvalue weighted by atomic mass is 35.5. The topological polar surface area (TPSA) is 26.3 Å². The van der Waals surface area contributed by atoms with Gasteiger partial charge in [0.15, 0.2) is 5.78 Å². The van der Waals surface area contributed by atoms with Gasteiger partial charge in [0, 0.05) is 12.0 Å². The van der Waals surface area contributed by atoms with E-state index in [0.717, 1.165) is 0 Å². The quantitative estimate of drug-likeness (QED) is 0.750. The van der Waals surface area contributed by atoms with Crippen molar-refractivity contribution in [2.24, 2.45) is 5.92 Å². The molecule has 0 spiro atoms. The van der Waals surface area contributed by atoms with Gasteiger partial charge in [0.25, 0.3) is 0 Å². The number of rotatable bonds is 4. The fraction of sp³-hybridized carbons (Fsp3) is 0.533. The van der Waals surface area contributed by atoms with Crippen LogP contribution in [0.2, 0.25) is 5.02 Å². The largest absolute Gasteiger partial charge is 0.497 e. The molecule has 2 nitrogen and oxygen atoms in total. The second-order valence-electron chi connectivity index (χ2n) is 4.98. The van der Waals surface area contributed by atoms with Crippen molar-refractivity contribution in [3.63, 3.8) is 0 Å². The molecule has 1 aromatic rings.